The fourth-order valence-corrected chi connectivity index (χ4v) is 6.73. The van der Waals surface area contributed by atoms with Crippen LogP contribution in [0.2, 0.25) is 0 Å². The van der Waals surface area contributed by atoms with Crippen LogP contribution in [0.15, 0.2) is 78.9 Å². The molecule has 1 aliphatic carbocycles. The summed E-state index contributed by atoms with van der Waals surface area (Å²) >= 11 is 0. The minimum absolute atomic E-state index is 0.160. The number of hydrogen-bond acceptors (Lipinski definition) is 3. The summed E-state index contributed by atoms with van der Waals surface area (Å²) in [6.45, 7) is 5.14. The average molecular weight is 604 g/mol. The molecule has 2 atom stereocenters. The molecule has 3 aromatic rings. The van der Waals surface area contributed by atoms with Gasteiger partial charge in [0.15, 0.2) is 0 Å². The molecular formula is C36H43F2N3O3. The Morgan fingerprint density at radius 3 is 2.02 bits per heavy atom. The molecule has 0 unspecified atom stereocenters. The van der Waals surface area contributed by atoms with E-state index in [4.69, 9.17) is 5.11 Å². The molecule has 0 bridgehead atoms. The van der Waals surface area contributed by atoms with Gasteiger partial charge < -0.3 is 19.8 Å². The third-order valence-corrected chi connectivity index (χ3v) is 9.46. The van der Waals surface area contributed by atoms with E-state index in [1.54, 1.807) is 24.3 Å². The van der Waals surface area contributed by atoms with Gasteiger partial charge in [0.2, 0.25) is 5.91 Å². The van der Waals surface area contributed by atoms with E-state index in [0.29, 0.717) is 17.7 Å². The predicted octanol–water partition coefficient (Wildman–Crippen LogP) is 6.91. The zero-order valence-corrected chi connectivity index (χ0v) is 25.5. The standard InChI is InChI=1S/C27H33FN2O.C9H10FNO2/c28-24-11-9-21(10-12-24)25-19-22(25)20-29-17-13-27(14-18-29,23-7-3-1-4-8-23)26(31)30-15-5-2-6-16-30;1-11(9(12)13)6-7-2-4-8(10)5-3-7/h1,3-4,7-12,22,25H,2,5-6,13-20H2;2-5H,6H2,1H3,(H,12,13)/t22-,25+;/m0./s1. The van der Waals surface area contributed by atoms with Gasteiger partial charge in [-0.25, -0.2) is 13.6 Å². The molecule has 6 nitrogen and oxygen atoms in total. The molecule has 3 fully saturated rings. The van der Waals surface area contributed by atoms with Crippen molar-refractivity contribution >= 4 is 12.0 Å². The molecule has 8 heteroatoms. The molecule has 3 aliphatic rings. The molecule has 6 rings (SSSR count). The van der Waals surface area contributed by atoms with Gasteiger partial charge in [-0.05, 0) is 104 Å². The number of carbonyl (C=O) groups excluding carboxylic acids is 1. The molecule has 2 aliphatic heterocycles. The summed E-state index contributed by atoms with van der Waals surface area (Å²) in [5, 5.41) is 8.55. The van der Waals surface area contributed by atoms with E-state index in [0.717, 1.165) is 68.9 Å². The van der Waals surface area contributed by atoms with E-state index in [2.05, 4.69) is 34.1 Å². The Hall–Kier alpha value is -3.78. The third-order valence-electron chi connectivity index (χ3n) is 9.46. The van der Waals surface area contributed by atoms with Crippen LogP contribution in [0.1, 0.15) is 61.1 Å². The summed E-state index contributed by atoms with van der Waals surface area (Å²) in [7, 11) is 1.46. The lowest BCUT2D eigenvalue weighted by Crippen LogP contribution is -2.54. The maximum atomic E-state index is 13.8. The average Bonchev–Trinajstić information content (AvgIpc) is 3.82. The van der Waals surface area contributed by atoms with Crippen molar-refractivity contribution in [2.45, 2.75) is 56.4 Å². The Morgan fingerprint density at radius 1 is 0.841 bits per heavy atom. The van der Waals surface area contributed by atoms with E-state index >= 15 is 0 Å². The fourth-order valence-electron chi connectivity index (χ4n) is 6.73. The minimum atomic E-state index is -0.996. The van der Waals surface area contributed by atoms with Crippen molar-refractivity contribution in [1.29, 1.82) is 0 Å². The van der Waals surface area contributed by atoms with Crippen LogP contribution >= 0.6 is 0 Å². The molecule has 0 aromatic heterocycles. The van der Waals surface area contributed by atoms with Crippen LogP contribution in [0.5, 0.6) is 0 Å². The van der Waals surface area contributed by atoms with Gasteiger partial charge in [-0.3, -0.25) is 4.79 Å². The van der Waals surface area contributed by atoms with Crippen molar-refractivity contribution in [2.24, 2.45) is 5.92 Å². The highest BCUT2D eigenvalue weighted by molar-refractivity contribution is 5.88. The normalized spacial score (nSPS) is 21.1. The van der Waals surface area contributed by atoms with Gasteiger partial charge in [-0.15, -0.1) is 0 Å². The fraction of sp³-hybridized carbons (Fsp3) is 0.444. The first-order valence-electron chi connectivity index (χ1n) is 15.8. The number of hydrogen-bond donors (Lipinski definition) is 1. The number of piperidine rings is 2. The summed E-state index contributed by atoms with van der Waals surface area (Å²) in [4.78, 5) is 30.0. The molecule has 1 saturated carbocycles. The number of carboxylic acid groups (broad SMARTS) is 1. The minimum Gasteiger partial charge on any atom is -0.465 e. The summed E-state index contributed by atoms with van der Waals surface area (Å²) in [5.41, 5.74) is 2.86. The Balaban J connectivity index is 0.000000249. The van der Waals surface area contributed by atoms with Crippen LogP contribution in [0, 0.1) is 17.6 Å². The third kappa shape index (κ3) is 7.83. The van der Waals surface area contributed by atoms with Crippen molar-refractivity contribution in [3.05, 3.63) is 107 Å². The van der Waals surface area contributed by atoms with E-state index in [1.807, 2.05) is 18.2 Å². The number of halogens is 2. The van der Waals surface area contributed by atoms with Crippen molar-refractivity contribution in [2.75, 3.05) is 39.8 Å². The van der Waals surface area contributed by atoms with E-state index in [1.165, 1.54) is 43.1 Å². The first-order chi connectivity index (χ1) is 21.2. The second kappa shape index (κ2) is 14.3. The van der Waals surface area contributed by atoms with Crippen LogP contribution < -0.4 is 0 Å². The Bertz CT molecular complexity index is 1370. The van der Waals surface area contributed by atoms with Crippen LogP contribution in [-0.2, 0) is 16.8 Å². The Kier molecular flexibility index (Phi) is 10.3. The number of rotatable bonds is 7. The van der Waals surface area contributed by atoms with Crippen LogP contribution in [0.4, 0.5) is 13.6 Å². The Labute approximate surface area is 259 Å². The van der Waals surface area contributed by atoms with E-state index in [9.17, 15) is 18.4 Å². The van der Waals surface area contributed by atoms with Gasteiger partial charge in [0, 0.05) is 33.2 Å². The lowest BCUT2D eigenvalue weighted by molar-refractivity contribution is -0.140. The molecule has 234 valence electrons. The number of nitrogens with zero attached hydrogens (tertiary/aromatic N) is 3. The lowest BCUT2D eigenvalue weighted by atomic mass is 9.71. The molecule has 1 N–H and O–H groups in total. The molecule has 2 heterocycles. The van der Waals surface area contributed by atoms with Crippen LogP contribution in [0.25, 0.3) is 0 Å². The summed E-state index contributed by atoms with van der Waals surface area (Å²) in [5.74, 6) is 1.10. The molecule has 2 saturated heterocycles. The summed E-state index contributed by atoms with van der Waals surface area (Å²) in [6, 6.07) is 23.3. The van der Waals surface area contributed by atoms with Gasteiger partial charge in [-0.1, -0.05) is 54.6 Å². The predicted molar refractivity (Wildman–Crippen MR) is 167 cm³/mol. The topological polar surface area (TPSA) is 64.1 Å². The van der Waals surface area contributed by atoms with Gasteiger partial charge in [0.25, 0.3) is 0 Å². The molecule has 2 amide bonds. The van der Waals surface area contributed by atoms with Crippen molar-refractivity contribution in [3.8, 4) is 0 Å². The second-order valence-corrected chi connectivity index (χ2v) is 12.5. The van der Waals surface area contributed by atoms with Crippen LogP contribution in [-0.4, -0.2) is 71.6 Å². The highest BCUT2D eigenvalue weighted by Gasteiger charge is 2.46. The number of carbonyl (C=O) groups is 2. The van der Waals surface area contributed by atoms with Crippen molar-refractivity contribution in [1.82, 2.24) is 14.7 Å². The molecule has 0 radical (unpaired) electrons. The molecular weight excluding hydrogens is 560 g/mol. The van der Waals surface area contributed by atoms with Gasteiger partial charge in [0.1, 0.15) is 11.6 Å². The lowest BCUT2D eigenvalue weighted by Gasteiger charge is -2.44. The number of amides is 2. The molecule has 3 aromatic carbocycles. The SMILES string of the molecule is CN(Cc1ccc(F)cc1)C(=O)O.O=C(N1CCCCC1)C1(c2ccccc2)CCN(C[C@@H]2C[C@@H]2c2ccc(F)cc2)CC1. The maximum Gasteiger partial charge on any atom is 0.407 e. The molecule has 44 heavy (non-hydrogen) atoms. The van der Waals surface area contributed by atoms with Crippen LogP contribution in [0.3, 0.4) is 0 Å². The van der Waals surface area contributed by atoms with Gasteiger partial charge in [-0.2, -0.15) is 0 Å². The van der Waals surface area contributed by atoms with Crippen molar-refractivity contribution < 1.29 is 23.5 Å². The zero-order chi connectivity index (χ0) is 31.1. The molecule has 0 spiro atoms. The Morgan fingerprint density at radius 2 is 1.43 bits per heavy atom. The second-order valence-electron chi connectivity index (χ2n) is 12.5. The number of likely N-dealkylation sites (tertiary alicyclic amines) is 2. The largest absolute Gasteiger partial charge is 0.465 e. The maximum absolute atomic E-state index is 13.8. The summed E-state index contributed by atoms with van der Waals surface area (Å²) in [6.07, 6.45) is 5.51. The van der Waals surface area contributed by atoms with E-state index in [-0.39, 0.29) is 23.6 Å². The first-order valence-corrected chi connectivity index (χ1v) is 15.8. The quantitative estimate of drug-likeness (QED) is 0.319. The van der Waals surface area contributed by atoms with Gasteiger partial charge >= 0.3 is 6.09 Å². The zero-order valence-electron chi connectivity index (χ0n) is 25.5. The van der Waals surface area contributed by atoms with Gasteiger partial charge in [0.05, 0.1) is 5.41 Å². The monoisotopic (exact) mass is 603 g/mol. The highest BCUT2D eigenvalue weighted by Crippen LogP contribution is 2.48. The van der Waals surface area contributed by atoms with E-state index < -0.39 is 6.09 Å². The summed E-state index contributed by atoms with van der Waals surface area (Å²) < 4.78 is 25.7. The smallest absolute Gasteiger partial charge is 0.407 e. The number of benzene rings is 3. The first kappa shape index (κ1) is 31.6. The van der Waals surface area contributed by atoms with Crippen molar-refractivity contribution in [3.63, 3.8) is 0 Å². The highest BCUT2D eigenvalue weighted by atomic mass is 19.1.